The quantitative estimate of drug-likeness (QED) is 0.842. The summed E-state index contributed by atoms with van der Waals surface area (Å²) < 4.78 is 5.33. The number of hydrogen-bond acceptors (Lipinski definition) is 3. The minimum absolute atomic E-state index is 0.134. The maximum absolute atomic E-state index is 11.9. The summed E-state index contributed by atoms with van der Waals surface area (Å²) in [7, 11) is 1.76. The third-order valence-electron chi connectivity index (χ3n) is 3.49. The largest absolute Gasteiger partial charge is 0.381 e. The van der Waals surface area contributed by atoms with Crippen LogP contribution in [0.1, 0.15) is 25.7 Å². The van der Waals surface area contributed by atoms with Crippen molar-refractivity contribution in [2.75, 3.05) is 12.9 Å². The van der Waals surface area contributed by atoms with Crippen LogP contribution in [0.2, 0.25) is 0 Å². The van der Waals surface area contributed by atoms with Crippen LogP contribution in [0.5, 0.6) is 0 Å². The van der Waals surface area contributed by atoms with Crippen molar-refractivity contribution in [2.45, 2.75) is 42.7 Å². The van der Waals surface area contributed by atoms with E-state index in [-0.39, 0.29) is 5.91 Å². The second-order valence-electron chi connectivity index (χ2n) is 4.88. The van der Waals surface area contributed by atoms with Gasteiger partial charge in [0.1, 0.15) is 0 Å². The lowest BCUT2D eigenvalue weighted by molar-refractivity contribution is -0.119. The summed E-state index contributed by atoms with van der Waals surface area (Å²) in [5, 5.41) is 3.12. The van der Waals surface area contributed by atoms with Crippen LogP contribution >= 0.6 is 11.8 Å². The molecule has 0 spiro atoms. The zero-order valence-electron chi connectivity index (χ0n) is 11.3. The lowest BCUT2D eigenvalue weighted by atomic mass is 9.93. The molecule has 0 radical (unpaired) electrons. The Morgan fingerprint density at radius 3 is 2.58 bits per heavy atom. The second kappa shape index (κ2) is 7.56. The molecule has 1 N–H and O–H groups in total. The van der Waals surface area contributed by atoms with Crippen LogP contribution in [0.25, 0.3) is 0 Å². The summed E-state index contributed by atoms with van der Waals surface area (Å²) in [5.41, 5.74) is 0. The van der Waals surface area contributed by atoms with Crippen molar-refractivity contribution in [1.29, 1.82) is 0 Å². The highest BCUT2D eigenvalue weighted by molar-refractivity contribution is 8.00. The summed E-state index contributed by atoms with van der Waals surface area (Å²) in [6, 6.07) is 10.4. The Labute approximate surface area is 119 Å². The first-order valence-corrected chi connectivity index (χ1v) is 7.76. The highest BCUT2D eigenvalue weighted by atomic mass is 32.2. The number of methoxy groups -OCH3 is 1. The number of ether oxygens (including phenoxy) is 1. The lowest BCUT2D eigenvalue weighted by Crippen LogP contribution is -2.39. The molecule has 2 rings (SSSR count). The number of thioether (sulfide) groups is 1. The zero-order chi connectivity index (χ0) is 13.5. The Balaban J connectivity index is 1.67. The molecule has 1 aliphatic rings. The molecular formula is C15H21NO2S. The molecule has 0 saturated heterocycles. The molecule has 0 bridgehead atoms. The predicted octanol–water partition coefficient (Wildman–Crippen LogP) is 2.85. The molecular weight excluding hydrogens is 258 g/mol. The fraction of sp³-hybridized carbons (Fsp3) is 0.533. The van der Waals surface area contributed by atoms with E-state index in [2.05, 4.69) is 5.32 Å². The first kappa shape index (κ1) is 14.4. The number of nitrogens with one attached hydrogen (secondary N) is 1. The lowest BCUT2D eigenvalue weighted by Gasteiger charge is -2.28. The molecule has 1 aromatic rings. The molecule has 0 unspecified atom stereocenters. The summed E-state index contributed by atoms with van der Waals surface area (Å²) >= 11 is 1.59. The fourth-order valence-corrected chi connectivity index (χ4v) is 3.11. The number of benzene rings is 1. The first-order valence-electron chi connectivity index (χ1n) is 6.78. The number of rotatable bonds is 5. The van der Waals surface area contributed by atoms with Crippen molar-refractivity contribution in [2.24, 2.45) is 0 Å². The first-order chi connectivity index (χ1) is 9.28. The minimum atomic E-state index is 0.134. The Kier molecular flexibility index (Phi) is 5.73. The predicted molar refractivity (Wildman–Crippen MR) is 78.4 cm³/mol. The van der Waals surface area contributed by atoms with Crippen LogP contribution in [-0.4, -0.2) is 30.9 Å². The van der Waals surface area contributed by atoms with Crippen LogP contribution in [0.15, 0.2) is 35.2 Å². The van der Waals surface area contributed by atoms with Crippen molar-refractivity contribution in [1.82, 2.24) is 5.32 Å². The van der Waals surface area contributed by atoms with Crippen LogP contribution in [0.4, 0.5) is 0 Å². The summed E-state index contributed by atoms with van der Waals surface area (Å²) in [6.07, 6.45) is 4.54. The van der Waals surface area contributed by atoms with E-state index in [9.17, 15) is 4.79 Å². The van der Waals surface area contributed by atoms with Crippen molar-refractivity contribution in [3.8, 4) is 0 Å². The number of carbonyl (C=O) groups excluding carboxylic acids is 1. The van der Waals surface area contributed by atoms with Gasteiger partial charge in [0.15, 0.2) is 0 Å². The molecule has 0 aliphatic heterocycles. The maximum atomic E-state index is 11.9. The Hall–Kier alpha value is -1.00. The standard InChI is InChI=1S/C15H21NO2S/c1-18-13-9-7-12(8-10-13)16-15(17)11-19-14-5-3-2-4-6-14/h2-6,12-13H,7-11H2,1H3,(H,16,17). The Morgan fingerprint density at radius 2 is 1.95 bits per heavy atom. The van der Waals surface area contributed by atoms with E-state index in [4.69, 9.17) is 4.74 Å². The molecule has 19 heavy (non-hydrogen) atoms. The molecule has 3 nitrogen and oxygen atoms in total. The van der Waals surface area contributed by atoms with Gasteiger partial charge < -0.3 is 10.1 Å². The van der Waals surface area contributed by atoms with Gasteiger partial charge in [-0.25, -0.2) is 0 Å². The van der Waals surface area contributed by atoms with Crippen molar-refractivity contribution < 1.29 is 9.53 Å². The third kappa shape index (κ3) is 4.88. The van der Waals surface area contributed by atoms with Crippen LogP contribution in [0.3, 0.4) is 0 Å². The summed E-state index contributed by atoms with van der Waals surface area (Å²) in [4.78, 5) is 13.0. The average molecular weight is 279 g/mol. The molecule has 1 saturated carbocycles. The van der Waals surface area contributed by atoms with Crippen molar-refractivity contribution in [3.05, 3.63) is 30.3 Å². The molecule has 104 valence electrons. The maximum Gasteiger partial charge on any atom is 0.230 e. The van der Waals surface area contributed by atoms with E-state index in [0.717, 1.165) is 30.6 Å². The van der Waals surface area contributed by atoms with E-state index < -0.39 is 0 Å². The van der Waals surface area contributed by atoms with Crippen molar-refractivity contribution in [3.63, 3.8) is 0 Å². The molecule has 1 aromatic carbocycles. The smallest absolute Gasteiger partial charge is 0.230 e. The molecule has 0 atom stereocenters. The van der Waals surface area contributed by atoms with E-state index in [1.54, 1.807) is 18.9 Å². The van der Waals surface area contributed by atoms with Crippen LogP contribution in [0, 0.1) is 0 Å². The number of hydrogen-bond donors (Lipinski definition) is 1. The normalized spacial score (nSPS) is 23.0. The van der Waals surface area contributed by atoms with E-state index >= 15 is 0 Å². The number of carbonyl (C=O) groups is 1. The summed E-state index contributed by atoms with van der Waals surface area (Å²) in [5.74, 6) is 0.628. The fourth-order valence-electron chi connectivity index (χ4n) is 2.38. The van der Waals surface area contributed by atoms with E-state index in [0.29, 0.717) is 17.9 Å². The highest BCUT2D eigenvalue weighted by Gasteiger charge is 2.21. The van der Waals surface area contributed by atoms with E-state index in [1.807, 2.05) is 30.3 Å². The highest BCUT2D eigenvalue weighted by Crippen LogP contribution is 2.21. The van der Waals surface area contributed by atoms with Gasteiger partial charge in [-0.15, -0.1) is 11.8 Å². The summed E-state index contributed by atoms with van der Waals surface area (Å²) in [6.45, 7) is 0. The topological polar surface area (TPSA) is 38.3 Å². The van der Waals surface area contributed by atoms with E-state index in [1.165, 1.54) is 0 Å². The van der Waals surface area contributed by atoms with Gasteiger partial charge in [-0.3, -0.25) is 4.79 Å². The van der Waals surface area contributed by atoms with Gasteiger partial charge in [0.25, 0.3) is 0 Å². The minimum Gasteiger partial charge on any atom is -0.381 e. The Morgan fingerprint density at radius 1 is 1.26 bits per heavy atom. The van der Waals surface area contributed by atoms with Gasteiger partial charge in [0.05, 0.1) is 11.9 Å². The monoisotopic (exact) mass is 279 g/mol. The SMILES string of the molecule is COC1CCC(NC(=O)CSc2ccccc2)CC1. The molecule has 0 heterocycles. The molecule has 1 amide bonds. The van der Waals surface area contributed by atoms with Gasteiger partial charge in [-0.2, -0.15) is 0 Å². The van der Waals surface area contributed by atoms with Gasteiger partial charge in [-0.05, 0) is 37.8 Å². The van der Waals surface area contributed by atoms with Gasteiger partial charge in [0.2, 0.25) is 5.91 Å². The van der Waals surface area contributed by atoms with Crippen molar-refractivity contribution >= 4 is 17.7 Å². The van der Waals surface area contributed by atoms with Gasteiger partial charge in [0, 0.05) is 18.0 Å². The van der Waals surface area contributed by atoms with Gasteiger partial charge >= 0.3 is 0 Å². The van der Waals surface area contributed by atoms with Crippen LogP contribution < -0.4 is 5.32 Å². The van der Waals surface area contributed by atoms with Gasteiger partial charge in [-0.1, -0.05) is 18.2 Å². The molecule has 4 heteroatoms. The number of amides is 1. The molecule has 0 aromatic heterocycles. The Bertz CT molecular complexity index is 388. The zero-order valence-corrected chi connectivity index (χ0v) is 12.1. The molecule has 1 aliphatic carbocycles. The molecule has 1 fully saturated rings. The second-order valence-corrected chi connectivity index (χ2v) is 5.93. The average Bonchev–Trinajstić information content (AvgIpc) is 2.47. The third-order valence-corrected chi connectivity index (χ3v) is 4.50. The van der Waals surface area contributed by atoms with Crippen LogP contribution in [-0.2, 0) is 9.53 Å².